The van der Waals surface area contributed by atoms with Gasteiger partial charge in [0, 0.05) is 11.8 Å². The average Bonchev–Trinajstić information content (AvgIpc) is 2.30. The number of carbonyl (C=O) groups excluding carboxylic acids is 1. The molecule has 0 atom stereocenters. The number of para-hydroxylation sites is 1. The number of hydrogen-bond acceptors (Lipinski definition) is 3. The van der Waals surface area contributed by atoms with Crippen LogP contribution in [-0.2, 0) is 0 Å². The lowest BCUT2D eigenvalue weighted by molar-refractivity contribution is 0.259. The van der Waals surface area contributed by atoms with Gasteiger partial charge in [-0.25, -0.2) is 4.79 Å². The van der Waals surface area contributed by atoms with Crippen molar-refractivity contribution in [3.05, 3.63) is 42.6 Å². The van der Waals surface area contributed by atoms with Crippen LogP contribution in [-0.4, -0.2) is 16.2 Å². The van der Waals surface area contributed by atoms with E-state index in [1.54, 1.807) is 18.3 Å². The van der Waals surface area contributed by atoms with Crippen LogP contribution in [0.4, 0.5) is 10.5 Å². The molecule has 80 valence electrons. The number of urea groups is 1. The number of amides is 2. The van der Waals surface area contributed by atoms with Gasteiger partial charge in [-0.1, -0.05) is 18.2 Å². The molecule has 2 rings (SSSR count). The third-order valence-corrected chi connectivity index (χ3v) is 2.03. The summed E-state index contributed by atoms with van der Waals surface area (Å²) in [5.41, 5.74) is 7.18. The molecule has 3 N–H and O–H groups in total. The number of anilines is 1. The molecule has 0 aliphatic rings. The average molecular weight is 214 g/mol. The summed E-state index contributed by atoms with van der Waals surface area (Å²) in [4.78, 5) is 10.8. The molecule has 0 saturated heterocycles. The van der Waals surface area contributed by atoms with Gasteiger partial charge >= 0.3 is 6.03 Å². The van der Waals surface area contributed by atoms with Crippen molar-refractivity contribution in [1.29, 1.82) is 0 Å². The van der Waals surface area contributed by atoms with Gasteiger partial charge in [0.2, 0.25) is 0 Å². The number of nitrogens with one attached hydrogen (secondary N) is 1. The van der Waals surface area contributed by atoms with Crippen molar-refractivity contribution in [3.63, 3.8) is 0 Å². The highest BCUT2D eigenvalue weighted by Gasteiger charge is 2.06. The summed E-state index contributed by atoms with van der Waals surface area (Å²) >= 11 is 0. The largest absolute Gasteiger partial charge is 0.351 e. The molecule has 5 nitrogen and oxygen atoms in total. The lowest BCUT2D eigenvalue weighted by Gasteiger charge is -2.07. The van der Waals surface area contributed by atoms with E-state index in [9.17, 15) is 4.79 Å². The van der Waals surface area contributed by atoms with E-state index in [0.717, 1.165) is 5.56 Å². The molecule has 0 bridgehead atoms. The smallest absolute Gasteiger partial charge is 0.316 e. The van der Waals surface area contributed by atoms with E-state index in [2.05, 4.69) is 15.5 Å². The zero-order valence-electron chi connectivity index (χ0n) is 8.42. The fourth-order valence-electron chi connectivity index (χ4n) is 1.39. The van der Waals surface area contributed by atoms with E-state index < -0.39 is 6.03 Å². The van der Waals surface area contributed by atoms with E-state index in [1.807, 2.05) is 24.3 Å². The second kappa shape index (κ2) is 4.39. The van der Waals surface area contributed by atoms with E-state index in [-0.39, 0.29) is 0 Å². The summed E-state index contributed by atoms with van der Waals surface area (Å²) in [6.07, 6.45) is 1.59. The Morgan fingerprint density at radius 2 is 2.00 bits per heavy atom. The highest BCUT2D eigenvalue weighted by molar-refractivity contribution is 5.92. The Labute approximate surface area is 92.3 Å². The lowest BCUT2D eigenvalue weighted by atomic mass is 10.1. The Morgan fingerprint density at radius 3 is 2.69 bits per heavy atom. The molecule has 2 amide bonds. The number of primary amides is 1. The molecule has 16 heavy (non-hydrogen) atoms. The van der Waals surface area contributed by atoms with Gasteiger partial charge in [0.15, 0.2) is 0 Å². The Kier molecular flexibility index (Phi) is 2.77. The second-order valence-electron chi connectivity index (χ2n) is 3.14. The number of aromatic nitrogens is 2. The molecular weight excluding hydrogens is 204 g/mol. The summed E-state index contributed by atoms with van der Waals surface area (Å²) in [5.74, 6) is 0. The monoisotopic (exact) mass is 214 g/mol. The van der Waals surface area contributed by atoms with E-state index in [0.29, 0.717) is 11.4 Å². The maximum absolute atomic E-state index is 10.8. The normalized spacial score (nSPS) is 9.75. The second-order valence-corrected chi connectivity index (χ2v) is 3.14. The Bertz CT molecular complexity index is 498. The van der Waals surface area contributed by atoms with Crippen LogP contribution < -0.4 is 11.1 Å². The fourth-order valence-corrected chi connectivity index (χ4v) is 1.39. The molecule has 5 heteroatoms. The standard InChI is InChI=1S/C11H10N4O/c12-11(16)14-9-5-2-1-4-8(9)10-6-3-7-13-15-10/h1-7H,(H3,12,14,16). The summed E-state index contributed by atoms with van der Waals surface area (Å²) in [6.45, 7) is 0. The van der Waals surface area contributed by atoms with Gasteiger partial charge in [-0.3, -0.25) is 0 Å². The summed E-state index contributed by atoms with van der Waals surface area (Å²) in [7, 11) is 0. The maximum atomic E-state index is 10.8. The molecule has 1 aromatic heterocycles. The number of nitrogens with two attached hydrogens (primary N) is 1. The maximum Gasteiger partial charge on any atom is 0.316 e. The minimum Gasteiger partial charge on any atom is -0.351 e. The molecule has 0 aliphatic heterocycles. The van der Waals surface area contributed by atoms with Gasteiger partial charge in [0.05, 0.1) is 11.4 Å². The third kappa shape index (κ3) is 2.14. The first-order valence-corrected chi connectivity index (χ1v) is 4.71. The highest BCUT2D eigenvalue weighted by atomic mass is 16.2. The Hall–Kier alpha value is -2.43. The van der Waals surface area contributed by atoms with Crippen LogP contribution in [0.25, 0.3) is 11.3 Å². The molecule has 1 heterocycles. The molecule has 2 aromatic rings. The van der Waals surface area contributed by atoms with Crippen molar-refractivity contribution in [2.75, 3.05) is 5.32 Å². The van der Waals surface area contributed by atoms with Crippen LogP contribution in [0.5, 0.6) is 0 Å². The zero-order valence-corrected chi connectivity index (χ0v) is 8.42. The van der Waals surface area contributed by atoms with Gasteiger partial charge in [-0.15, -0.1) is 0 Å². The SMILES string of the molecule is NC(=O)Nc1ccccc1-c1cccnn1. The van der Waals surface area contributed by atoms with Crippen molar-refractivity contribution in [2.45, 2.75) is 0 Å². The summed E-state index contributed by atoms with van der Waals surface area (Å²) in [6, 6.07) is 10.3. The quantitative estimate of drug-likeness (QED) is 0.797. The first-order valence-electron chi connectivity index (χ1n) is 4.71. The molecule has 0 aliphatic carbocycles. The number of carbonyl (C=O) groups is 1. The molecular formula is C11H10N4O. The minimum atomic E-state index is -0.601. The predicted octanol–water partition coefficient (Wildman–Crippen LogP) is 1.63. The number of nitrogens with zero attached hydrogens (tertiary/aromatic N) is 2. The van der Waals surface area contributed by atoms with Crippen LogP contribution in [0, 0.1) is 0 Å². The molecule has 0 spiro atoms. The van der Waals surface area contributed by atoms with Crippen LogP contribution >= 0.6 is 0 Å². The van der Waals surface area contributed by atoms with Crippen molar-refractivity contribution >= 4 is 11.7 Å². The lowest BCUT2D eigenvalue weighted by Crippen LogP contribution is -2.19. The fraction of sp³-hybridized carbons (Fsp3) is 0. The highest BCUT2D eigenvalue weighted by Crippen LogP contribution is 2.25. The predicted molar refractivity (Wildman–Crippen MR) is 60.7 cm³/mol. The van der Waals surface area contributed by atoms with Crippen LogP contribution in [0.2, 0.25) is 0 Å². The number of benzene rings is 1. The molecule has 0 fully saturated rings. The van der Waals surface area contributed by atoms with Gasteiger partial charge in [0.1, 0.15) is 0 Å². The summed E-state index contributed by atoms with van der Waals surface area (Å²) < 4.78 is 0. The number of rotatable bonds is 2. The minimum absolute atomic E-state index is 0.601. The van der Waals surface area contributed by atoms with E-state index in [4.69, 9.17) is 5.73 Å². The Morgan fingerprint density at radius 1 is 1.19 bits per heavy atom. The van der Waals surface area contributed by atoms with Crippen molar-refractivity contribution < 1.29 is 4.79 Å². The van der Waals surface area contributed by atoms with Gasteiger partial charge in [-0.2, -0.15) is 10.2 Å². The van der Waals surface area contributed by atoms with Crippen LogP contribution in [0.3, 0.4) is 0 Å². The topological polar surface area (TPSA) is 80.9 Å². The van der Waals surface area contributed by atoms with Gasteiger partial charge in [-0.05, 0) is 18.2 Å². The van der Waals surface area contributed by atoms with Crippen molar-refractivity contribution in [3.8, 4) is 11.3 Å². The van der Waals surface area contributed by atoms with E-state index >= 15 is 0 Å². The van der Waals surface area contributed by atoms with E-state index in [1.165, 1.54) is 0 Å². The molecule has 0 unspecified atom stereocenters. The van der Waals surface area contributed by atoms with Crippen molar-refractivity contribution in [2.24, 2.45) is 5.73 Å². The van der Waals surface area contributed by atoms with Crippen molar-refractivity contribution in [1.82, 2.24) is 10.2 Å². The van der Waals surface area contributed by atoms with Gasteiger partial charge < -0.3 is 11.1 Å². The van der Waals surface area contributed by atoms with Gasteiger partial charge in [0.25, 0.3) is 0 Å². The Balaban J connectivity index is 2.44. The first kappa shape index (κ1) is 10.1. The molecule has 1 aromatic carbocycles. The van der Waals surface area contributed by atoms with Crippen LogP contribution in [0.1, 0.15) is 0 Å². The molecule has 0 radical (unpaired) electrons. The third-order valence-electron chi connectivity index (χ3n) is 2.03. The molecule has 0 saturated carbocycles. The van der Waals surface area contributed by atoms with Crippen LogP contribution in [0.15, 0.2) is 42.6 Å². The first-order chi connectivity index (χ1) is 7.77. The zero-order chi connectivity index (χ0) is 11.4. The summed E-state index contributed by atoms with van der Waals surface area (Å²) in [5, 5.41) is 10.3. The number of hydrogen-bond donors (Lipinski definition) is 2.